The number of amides is 2. The molecule has 6 nitrogen and oxygen atoms in total. The van der Waals surface area contributed by atoms with E-state index in [1.54, 1.807) is 19.1 Å². The predicted octanol–water partition coefficient (Wildman–Crippen LogP) is 4.01. The van der Waals surface area contributed by atoms with Crippen LogP contribution in [0.2, 0.25) is 0 Å². The summed E-state index contributed by atoms with van der Waals surface area (Å²) in [5, 5.41) is 3.15. The van der Waals surface area contributed by atoms with Crippen molar-refractivity contribution < 1.29 is 19.0 Å². The normalized spacial score (nSPS) is 13.8. The number of fused-ring (bicyclic) bond motifs is 1. The second kappa shape index (κ2) is 8.87. The number of urea groups is 1. The molecule has 2 aromatic carbocycles. The van der Waals surface area contributed by atoms with Crippen molar-refractivity contribution in [3.8, 4) is 17.2 Å². The van der Waals surface area contributed by atoms with Gasteiger partial charge in [-0.2, -0.15) is 0 Å². The highest BCUT2D eigenvalue weighted by Gasteiger charge is 2.23. The van der Waals surface area contributed by atoms with Gasteiger partial charge in [0.1, 0.15) is 19.0 Å². The number of nitrogens with one attached hydrogen (secondary N) is 1. The number of hydrogen-bond donors (Lipinski definition) is 1. The van der Waals surface area contributed by atoms with Crippen LogP contribution in [0.15, 0.2) is 42.5 Å². The molecule has 0 aliphatic carbocycles. The Morgan fingerprint density at radius 1 is 1.14 bits per heavy atom. The van der Waals surface area contributed by atoms with Crippen LogP contribution < -0.4 is 19.5 Å². The molecule has 0 fully saturated rings. The number of hydrogen-bond acceptors (Lipinski definition) is 4. The van der Waals surface area contributed by atoms with Crippen molar-refractivity contribution in [3.05, 3.63) is 53.6 Å². The SMILES string of the molecule is COc1cccc(CN(C)C(=O)N[C@H](c2ccc3c(c2)OCCO3)C(C)C)c1. The molecule has 2 aromatic rings. The number of carbonyl (C=O) groups is 1. The van der Waals surface area contributed by atoms with Gasteiger partial charge in [-0.25, -0.2) is 4.79 Å². The summed E-state index contributed by atoms with van der Waals surface area (Å²) in [4.78, 5) is 14.5. The first kappa shape index (κ1) is 19.9. The van der Waals surface area contributed by atoms with Gasteiger partial charge in [0.05, 0.1) is 13.2 Å². The maximum atomic E-state index is 12.8. The van der Waals surface area contributed by atoms with Gasteiger partial charge < -0.3 is 24.4 Å². The lowest BCUT2D eigenvalue weighted by Gasteiger charge is -2.28. The van der Waals surface area contributed by atoms with Gasteiger partial charge in [0, 0.05) is 13.6 Å². The van der Waals surface area contributed by atoms with E-state index < -0.39 is 0 Å². The molecule has 1 aliphatic heterocycles. The summed E-state index contributed by atoms with van der Waals surface area (Å²) in [7, 11) is 3.42. The van der Waals surface area contributed by atoms with Crippen molar-refractivity contribution in [2.24, 2.45) is 5.92 Å². The van der Waals surface area contributed by atoms with E-state index in [0.717, 1.165) is 28.4 Å². The first-order valence-corrected chi connectivity index (χ1v) is 9.52. The van der Waals surface area contributed by atoms with Crippen LogP contribution in [-0.2, 0) is 6.54 Å². The quantitative estimate of drug-likeness (QED) is 0.818. The van der Waals surface area contributed by atoms with Crippen molar-refractivity contribution in [2.75, 3.05) is 27.4 Å². The molecule has 0 aromatic heterocycles. The lowest BCUT2D eigenvalue weighted by atomic mass is 9.95. The zero-order valence-electron chi connectivity index (χ0n) is 16.9. The van der Waals surface area contributed by atoms with Gasteiger partial charge in [-0.3, -0.25) is 0 Å². The fourth-order valence-corrected chi connectivity index (χ4v) is 3.25. The van der Waals surface area contributed by atoms with Crippen molar-refractivity contribution in [2.45, 2.75) is 26.4 Å². The second-order valence-electron chi connectivity index (χ2n) is 7.28. The Morgan fingerprint density at radius 2 is 1.89 bits per heavy atom. The lowest BCUT2D eigenvalue weighted by molar-refractivity contribution is 0.171. The Bertz CT molecular complexity index is 822. The number of ether oxygens (including phenoxy) is 3. The first-order chi connectivity index (χ1) is 13.5. The van der Waals surface area contributed by atoms with Crippen molar-refractivity contribution >= 4 is 6.03 Å². The standard InChI is InChI=1S/C22H28N2O4/c1-15(2)21(17-8-9-19-20(13-17)28-11-10-27-19)23-22(25)24(3)14-16-6-5-7-18(12-16)26-4/h5-9,12-13,15,21H,10-11,14H2,1-4H3,(H,23,25)/t21-/m0/s1. The van der Waals surface area contributed by atoms with Crippen LogP contribution in [-0.4, -0.2) is 38.3 Å². The summed E-state index contributed by atoms with van der Waals surface area (Å²) >= 11 is 0. The summed E-state index contributed by atoms with van der Waals surface area (Å²) in [6, 6.07) is 13.3. The number of nitrogens with zero attached hydrogens (tertiary/aromatic N) is 1. The first-order valence-electron chi connectivity index (χ1n) is 9.52. The number of methoxy groups -OCH3 is 1. The predicted molar refractivity (Wildman–Crippen MR) is 108 cm³/mol. The van der Waals surface area contributed by atoms with Crippen LogP contribution in [0.5, 0.6) is 17.2 Å². The van der Waals surface area contributed by atoms with Crippen LogP contribution in [0.25, 0.3) is 0 Å². The van der Waals surface area contributed by atoms with E-state index in [0.29, 0.717) is 19.8 Å². The summed E-state index contributed by atoms with van der Waals surface area (Å²) in [6.45, 7) is 5.77. The Balaban J connectivity index is 1.70. The smallest absolute Gasteiger partial charge is 0.317 e. The molecule has 0 spiro atoms. The Labute approximate surface area is 166 Å². The fourth-order valence-electron chi connectivity index (χ4n) is 3.25. The second-order valence-corrected chi connectivity index (χ2v) is 7.28. The molecule has 0 saturated heterocycles. The van der Waals surface area contributed by atoms with Crippen molar-refractivity contribution in [1.29, 1.82) is 0 Å². The van der Waals surface area contributed by atoms with Crippen LogP contribution in [0.1, 0.15) is 31.0 Å². The molecule has 1 heterocycles. The monoisotopic (exact) mass is 384 g/mol. The van der Waals surface area contributed by atoms with Crippen LogP contribution in [0.4, 0.5) is 4.79 Å². The third-order valence-corrected chi connectivity index (χ3v) is 4.77. The molecule has 0 radical (unpaired) electrons. The zero-order chi connectivity index (χ0) is 20.1. The molecule has 150 valence electrons. The molecule has 1 N–H and O–H groups in total. The van der Waals surface area contributed by atoms with Crippen LogP contribution >= 0.6 is 0 Å². The maximum Gasteiger partial charge on any atom is 0.317 e. The van der Waals surface area contributed by atoms with E-state index in [4.69, 9.17) is 14.2 Å². The molecule has 1 atom stereocenters. The molecular weight excluding hydrogens is 356 g/mol. The van der Waals surface area contributed by atoms with E-state index >= 15 is 0 Å². The Morgan fingerprint density at radius 3 is 2.61 bits per heavy atom. The maximum absolute atomic E-state index is 12.8. The minimum absolute atomic E-state index is 0.128. The largest absolute Gasteiger partial charge is 0.497 e. The van der Waals surface area contributed by atoms with E-state index in [9.17, 15) is 4.79 Å². The molecular formula is C22H28N2O4. The average Bonchev–Trinajstić information content (AvgIpc) is 2.71. The van der Waals surface area contributed by atoms with E-state index in [1.165, 1.54) is 0 Å². The summed E-state index contributed by atoms with van der Waals surface area (Å²) in [6.07, 6.45) is 0. The number of rotatable bonds is 6. The number of benzene rings is 2. The number of carbonyl (C=O) groups excluding carboxylic acids is 1. The molecule has 0 unspecified atom stereocenters. The zero-order valence-corrected chi connectivity index (χ0v) is 16.9. The third-order valence-electron chi connectivity index (χ3n) is 4.77. The molecule has 1 aliphatic rings. The van der Waals surface area contributed by atoms with Crippen LogP contribution in [0, 0.1) is 5.92 Å². The summed E-state index contributed by atoms with van der Waals surface area (Å²) in [5.41, 5.74) is 2.01. The van der Waals surface area contributed by atoms with Gasteiger partial charge in [-0.15, -0.1) is 0 Å². The van der Waals surface area contributed by atoms with Crippen LogP contribution in [0.3, 0.4) is 0 Å². The van der Waals surface area contributed by atoms with Gasteiger partial charge in [-0.1, -0.05) is 32.0 Å². The van der Waals surface area contributed by atoms with E-state index in [-0.39, 0.29) is 18.0 Å². The lowest BCUT2D eigenvalue weighted by Crippen LogP contribution is -2.40. The van der Waals surface area contributed by atoms with Crippen molar-refractivity contribution in [3.63, 3.8) is 0 Å². The topological polar surface area (TPSA) is 60.0 Å². The minimum atomic E-state index is -0.129. The Hall–Kier alpha value is -2.89. The fraction of sp³-hybridized carbons (Fsp3) is 0.409. The highest BCUT2D eigenvalue weighted by molar-refractivity contribution is 5.74. The molecule has 2 amide bonds. The molecule has 0 saturated carbocycles. The third kappa shape index (κ3) is 4.68. The van der Waals surface area contributed by atoms with Gasteiger partial charge in [0.25, 0.3) is 0 Å². The van der Waals surface area contributed by atoms with Gasteiger partial charge in [-0.05, 0) is 41.3 Å². The average molecular weight is 384 g/mol. The molecule has 28 heavy (non-hydrogen) atoms. The van der Waals surface area contributed by atoms with Gasteiger partial charge in [0.2, 0.25) is 0 Å². The van der Waals surface area contributed by atoms with Gasteiger partial charge in [0.15, 0.2) is 11.5 Å². The van der Waals surface area contributed by atoms with E-state index in [1.807, 2.05) is 42.5 Å². The molecule has 3 rings (SSSR count). The Kier molecular flexibility index (Phi) is 6.29. The summed E-state index contributed by atoms with van der Waals surface area (Å²) < 4.78 is 16.5. The van der Waals surface area contributed by atoms with Gasteiger partial charge >= 0.3 is 6.03 Å². The highest BCUT2D eigenvalue weighted by atomic mass is 16.6. The molecule has 6 heteroatoms. The minimum Gasteiger partial charge on any atom is -0.497 e. The van der Waals surface area contributed by atoms with E-state index in [2.05, 4.69) is 19.2 Å². The van der Waals surface area contributed by atoms with Crippen molar-refractivity contribution in [1.82, 2.24) is 10.2 Å². The summed E-state index contributed by atoms with van der Waals surface area (Å²) in [5.74, 6) is 2.48. The highest BCUT2D eigenvalue weighted by Crippen LogP contribution is 2.34. The molecule has 0 bridgehead atoms.